The minimum absolute atomic E-state index is 0.00587. The molecule has 0 aliphatic carbocycles. The molecule has 0 bridgehead atoms. The van der Waals surface area contributed by atoms with Crippen molar-refractivity contribution in [3.63, 3.8) is 0 Å². The molecule has 2 saturated heterocycles. The number of anilines is 4. The molecule has 2 unspecified atom stereocenters. The predicted molar refractivity (Wildman–Crippen MR) is 109 cm³/mol. The Hall–Kier alpha value is -3.13. The van der Waals surface area contributed by atoms with Crippen LogP contribution >= 0.6 is 0 Å². The molecular weight excluding hydrogens is 375 g/mol. The van der Waals surface area contributed by atoms with Crippen molar-refractivity contribution >= 4 is 34.6 Å². The first-order valence-electron chi connectivity index (χ1n) is 9.57. The number of hydrogen-bond donors (Lipinski definition) is 2. The van der Waals surface area contributed by atoms with Crippen LogP contribution < -0.4 is 20.9 Å². The molecule has 4 rings (SSSR count). The first-order valence-corrected chi connectivity index (χ1v) is 9.57. The molecule has 0 radical (unpaired) electrons. The summed E-state index contributed by atoms with van der Waals surface area (Å²) in [4.78, 5) is 28.4. The lowest BCUT2D eigenvalue weighted by Gasteiger charge is -2.28. The number of carbonyl (C=O) groups is 2. The van der Waals surface area contributed by atoms with E-state index in [1.807, 2.05) is 31.2 Å². The van der Waals surface area contributed by atoms with Gasteiger partial charge in [0.15, 0.2) is 0 Å². The average Bonchev–Trinajstić information content (AvgIpc) is 2.98. The van der Waals surface area contributed by atoms with Gasteiger partial charge in [0.05, 0.1) is 12.3 Å². The van der Waals surface area contributed by atoms with Gasteiger partial charge in [-0.25, -0.2) is 4.39 Å². The minimum atomic E-state index is -0.484. The van der Waals surface area contributed by atoms with Gasteiger partial charge in [0.25, 0.3) is 5.91 Å². The van der Waals surface area contributed by atoms with E-state index in [9.17, 15) is 14.0 Å². The number of rotatable bonds is 4. The molecule has 0 aromatic heterocycles. The molecular formula is C21H23FN4O3. The summed E-state index contributed by atoms with van der Waals surface area (Å²) >= 11 is 0. The molecule has 2 aliphatic rings. The van der Waals surface area contributed by atoms with Gasteiger partial charge in [-0.3, -0.25) is 9.59 Å². The summed E-state index contributed by atoms with van der Waals surface area (Å²) in [5, 5.41) is 3.15. The molecule has 2 aromatic rings. The van der Waals surface area contributed by atoms with Gasteiger partial charge in [0, 0.05) is 29.6 Å². The molecule has 152 valence electrons. The van der Waals surface area contributed by atoms with Gasteiger partial charge in [0.1, 0.15) is 18.5 Å². The van der Waals surface area contributed by atoms with Crippen LogP contribution in [-0.2, 0) is 14.3 Å². The van der Waals surface area contributed by atoms with Crippen LogP contribution in [0, 0.1) is 5.82 Å². The van der Waals surface area contributed by atoms with Crippen LogP contribution in [0.1, 0.15) is 13.3 Å². The number of amides is 2. The Morgan fingerprint density at radius 2 is 1.86 bits per heavy atom. The third kappa shape index (κ3) is 3.75. The van der Waals surface area contributed by atoms with Crippen molar-refractivity contribution in [2.45, 2.75) is 25.4 Å². The van der Waals surface area contributed by atoms with Gasteiger partial charge < -0.3 is 25.6 Å². The highest BCUT2D eigenvalue weighted by molar-refractivity contribution is 6.02. The van der Waals surface area contributed by atoms with Crippen molar-refractivity contribution in [1.82, 2.24) is 0 Å². The van der Waals surface area contributed by atoms with Gasteiger partial charge in [0.2, 0.25) is 5.91 Å². The zero-order chi connectivity index (χ0) is 20.5. The van der Waals surface area contributed by atoms with Crippen molar-refractivity contribution in [2.24, 2.45) is 0 Å². The quantitative estimate of drug-likeness (QED) is 0.772. The number of halogens is 1. The maximum atomic E-state index is 13.4. The van der Waals surface area contributed by atoms with Crippen LogP contribution in [0.3, 0.4) is 0 Å². The Kier molecular flexibility index (Phi) is 5.10. The Balaban J connectivity index is 1.49. The molecule has 2 heterocycles. The molecule has 2 fully saturated rings. The van der Waals surface area contributed by atoms with E-state index in [0.29, 0.717) is 25.3 Å². The number of nitrogen functional groups attached to an aromatic ring is 1. The highest BCUT2D eigenvalue weighted by Gasteiger charge is 2.38. The molecule has 2 aromatic carbocycles. The lowest BCUT2D eigenvalue weighted by Crippen LogP contribution is -2.41. The minimum Gasteiger partial charge on any atom is -0.396 e. The fourth-order valence-electron chi connectivity index (χ4n) is 3.85. The molecule has 2 aliphatic heterocycles. The van der Waals surface area contributed by atoms with E-state index in [4.69, 9.17) is 10.5 Å². The second-order valence-electron chi connectivity index (χ2n) is 7.34. The van der Waals surface area contributed by atoms with Gasteiger partial charge >= 0.3 is 0 Å². The zero-order valence-electron chi connectivity index (χ0n) is 16.1. The van der Waals surface area contributed by atoms with Crippen LogP contribution in [0.25, 0.3) is 0 Å². The highest BCUT2D eigenvalue weighted by atomic mass is 19.1. The predicted octanol–water partition coefficient (Wildman–Crippen LogP) is 2.38. The van der Waals surface area contributed by atoms with Crippen LogP contribution in [0.4, 0.5) is 27.1 Å². The van der Waals surface area contributed by atoms with E-state index in [2.05, 4.69) is 5.32 Å². The normalized spacial score (nSPS) is 22.3. The standard InChI is InChI=1S/C21H23FN4O3/c1-13-10-19(24-14-2-7-17(22)18(23)11-14)21(28)26(13)16-5-3-15(4-6-16)25-8-9-29-12-20(25)27/h2-7,11,13,19,24H,8-10,12,23H2,1H3. The molecule has 29 heavy (non-hydrogen) atoms. The number of carbonyl (C=O) groups excluding carboxylic acids is 2. The van der Waals surface area contributed by atoms with E-state index in [0.717, 1.165) is 11.4 Å². The van der Waals surface area contributed by atoms with Crippen molar-refractivity contribution < 1.29 is 18.7 Å². The van der Waals surface area contributed by atoms with Crippen LogP contribution in [0.15, 0.2) is 42.5 Å². The lowest BCUT2D eigenvalue weighted by atomic mass is 10.1. The number of nitrogens with one attached hydrogen (secondary N) is 1. The second-order valence-corrected chi connectivity index (χ2v) is 7.34. The number of hydrogen-bond acceptors (Lipinski definition) is 5. The monoisotopic (exact) mass is 398 g/mol. The van der Waals surface area contributed by atoms with Crippen molar-refractivity contribution in [1.29, 1.82) is 0 Å². The van der Waals surface area contributed by atoms with Gasteiger partial charge in [-0.05, 0) is 55.8 Å². The summed E-state index contributed by atoms with van der Waals surface area (Å²) in [5.41, 5.74) is 7.83. The average molecular weight is 398 g/mol. The Labute approximate surface area is 168 Å². The van der Waals surface area contributed by atoms with Crippen molar-refractivity contribution in [3.05, 3.63) is 48.3 Å². The lowest BCUT2D eigenvalue weighted by molar-refractivity contribution is -0.125. The molecule has 3 N–H and O–H groups in total. The first-order chi connectivity index (χ1) is 13.9. The van der Waals surface area contributed by atoms with Crippen molar-refractivity contribution in [3.8, 4) is 0 Å². The number of benzene rings is 2. The summed E-state index contributed by atoms with van der Waals surface area (Å²) in [6, 6.07) is 11.3. The summed E-state index contributed by atoms with van der Waals surface area (Å²) in [5.74, 6) is -0.616. The maximum Gasteiger partial charge on any atom is 0.253 e. The largest absolute Gasteiger partial charge is 0.396 e. The summed E-state index contributed by atoms with van der Waals surface area (Å²) in [6.07, 6.45) is 0.611. The van der Waals surface area contributed by atoms with Crippen molar-refractivity contribution in [2.75, 3.05) is 40.6 Å². The first kappa shape index (κ1) is 19.2. The summed E-state index contributed by atoms with van der Waals surface area (Å²) in [6.45, 7) is 3.10. The molecule has 0 saturated carbocycles. The number of morpholine rings is 1. The second kappa shape index (κ2) is 7.71. The SMILES string of the molecule is CC1CC(Nc2ccc(F)c(N)c2)C(=O)N1c1ccc(N2CCOCC2=O)cc1. The number of ether oxygens (including phenoxy) is 1. The Bertz CT molecular complexity index is 934. The fraction of sp³-hybridized carbons (Fsp3) is 0.333. The zero-order valence-corrected chi connectivity index (χ0v) is 16.1. The maximum absolute atomic E-state index is 13.4. The molecule has 7 nitrogen and oxygen atoms in total. The van der Waals surface area contributed by atoms with E-state index in [1.165, 1.54) is 12.1 Å². The number of nitrogens with two attached hydrogens (primary N) is 1. The molecule has 0 spiro atoms. The van der Waals surface area contributed by atoms with Crippen LogP contribution in [0.5, 0.6) is 0 Å². The molecule has 2 amide bonds. The van der Waals surface area contributed by atoms with E-state index >= 15 is 0 Å². The summed E-state index contributed by atoms with van der Waals surface area (Å²) < 4.78 is 18.5. The number of nitrogens with zero attached hydrogens (tertiary/aromatic N) is 2. The van der Waals surface area contributed by atoms with E-state index in [-0.39, 0.29) is 30.2 Å². The fourth-order valence-corrected chi connectivity index (χ4v) is 3.85. The topological polar surface area (TPSA) is 87.9 Å². The smallest absolute Gasteiger partial charge is 0.253 e. The molecule has 8 heteroatoms. The highest BCUT2D eigenvalue weighted by Crippen LogP contribution is 2.31. The Morgan fingerprint density at radius 3 is 2.55 bits per heavy atom. The molecule has 2 atom stereocenters. The van der Waals surface area contributed by atoms with Gasteiger partial charge in [-0.2, -0.15) is 0 Å². The Morgan fingerprint density at radius 1 is 1.14 bits per heavy atom. The van der Waals surface area contributed by atoms with E-state index in [1.54, 1.807) is 15.9 Å². The summed E-state index contributed by atoms with van der Waals surface area (Å²) in [7, 11) is 0. The third-order valence-electron chi connectivity index (χ3n) is 5.32. The van der Waals surface area contributed by atoms with Crippen LogP contribution in [-0.4, -0.2) is 43.7 Å². The van der Waals surface area contributed by atoms with Gasteiger partial charge in [-0.1, -0.05) is 0 Å². The van der Waals surface area contributed by atoms with E-state index < -0.39 is 11.9 Å². The van der Waals surface area contributed by atoms with Gasteiger partial charge in [-0.15, -0.1) is 0 Å². The van der Waals surface area contributed by atoms with Crippen LogP contribution in [0.2, 0.25) is 0 Å². The third-order valence-corrected chi connectivity index (χ3v) is 5.32.